The van der Waals surface area contributed by atoms with E-state index >= 15 is 0 Å². The highest BCUT2D eigenvalue weighted by atomic mass is 16.5. The molecule has 0 saturated heterocycles. The molecule has 3 nitrogen and oxygen atoms in total. The van der Waals surface area contributed by atoms with Crippen molar-refractivity contribution in [1.29, 1.82) is 0 Å². The second kappa shape index (κ2) is 6.22. The third-order valence-corrected chi connectivity index (χ3v) is 4.04. The molecule has 0 N–H and O–H groups in total. The fourth-order valence-corrected chi connectivity index (χ4v) is 2.57. The number of carbonyl (C=O) groups excluding carboxylic acids is 1. The summed E-state index contributed by atoms with van der Waals surface area (Å²) < 4.78 is 5.22. The Labute approximate surface area is 131 Å². The minimum Gasteiger partial charge on any atom is -0.497 e. The van der Waals surface area contributed by atoms with Crippen molar-refractivity contribution in [3.63, 3.8) is 0 Å². The van der Waals surface area contributed by atoms with Gasteiger partial charge in [0.2, 0.25) is 0 Å². The zero-order valence-corrected chi connectivity index (χ0v) is 13.1. The number of methoxy groups -OCH3 is 1. The maximum Gasteiger partial charge on any atom is 0.254 e. The third kappa shape index (κ3) is 3.30. The van der Waals surface area contributed by atoms with Gasteiger partial charge in [0.25, 0.3) is 5.91 Å². The van der Waals surface area contributed by atoms with Crippen LogP contribution in [-0.4, -0.2) is 24.0 Å². The second-order valence-corrected chi connectivity index (χ2v) is 5.88. The molecule has 0 aromatic heterocycles. The lowest BCUT2D eigenvalue weighted by Gasteiger charge is -2.23. The van der Waals surface area contributed by atoms with Crippen LogP contribution in [0, 0.1) is 6.92 Å². The lowest BCUT2D eigenvalue weighted by molar-refractivity contribution is 0.0729. The zero-order valence-electron chi connectivity index (χ0n) is 13.1. The number of hydrogen-bond donors (Lipinski definition) is 0. The van der Waals surface area contributed by atoms with E-state index in [2.05, 4.69) is 31.2 Å². The molecular formula is C19H21NO2. The molecule has 2 aromatic carbocycles. The van der Waals surface area contributed by atoms with E-state index in [-0.39, 0.29) is 5.91 Å². The molecule has 3 heteroatoms. The van der Waals surface area contributed by atoms with Crippen molar-refractivity contribution in [3.05, 3.63) is 65.2 Å². The van der Waals surface area contributed by atoms with Crippen LogP contribution in [-0.2, 0) is 6.54 Å². The Bertz CT molecular complexity index is 659. The summed E-state index contributed by atoms with van der Waals surface area (Å²) in [5.74, 6) is 0.805. The summed E-state index contributed by atoms with van der Waals surface area (Å²) in [7, 11) is 1.62. The molecule has 1 saturated carbocycles. The molecule has 0 aliphatic heterocycles. The molecule has 0 atom stereocenters. The Morgan fingerprint density at radius 3 is 2.55 bits per heavy atom. The number of hydrogen-bond acceptors (Lipinski definition) is 2. The van der Waals surface area contributed by atoms with E-state index in [1.165, 1.54) is 11.1 Å². The van der Waals surface area contributed by atoms with Gasteiger partial charge in [-0.15, -0.1) is 0 Å². The molecule has 1 amide bonds. The van der Waals surface area contributed by atoms with Crippen LogP contribution in [0.15, 0.2) is 48.5 Å². The first-order valence-corrected chi connectivity index (χ1v) is 7.68. The Balaban J connectivity index is 1.81. The Morgan fingerprint density at radius 1 is 1.18 bits per heavy atom. The van der Waals surface area contributed by atoms with Gasteiger partial charge in [0.05, 0.1) is 7.11 Å². The summed E-state index contributed by atoms with van der Waals surface area (Å²) in [6, 6.07) is 16.2. The predicted molar refractivity (Wildman–Crippen MR) is 87.1 cm³/mol. The first-order valence-electron chi connectivity index (χ1n) is 7.68. The number of benzene rings is 2. The summed E-state index contributed by atoms with van der Waals surface area (Å²) in [5.41, 5.74) is 3.10. The lowest BCUT2D eigenvalue weighted by Crippen LogP contribution is -2.32. The van der Waals surface area contributed by atoms with Crippen molar-refractivity contribution >= 4 is 5.91 Å². The van der Waals surface area contributed by atoms with Crippen LogP contribution in [0.25, 0.3) is 0 Å². The Hall–Kier alpha value is -2.29. The van der Waals surface area contributed by atoms with Crippen LogP contribution in [0.1, 0.15) is 34.3 Å². The van der Waals surface area contributed by atoms with Crippen molar-refractivity contribution in [2.45, 2.75) is 32.4 Å². The van der Waals surface area contributed by atoms with Gasteiger partial charge in [-0.25, -0.2) is 0 Å². The number of rotatable bonds is 5. The number of carbonyl (C=O) groups is 1. The molecule has 0 bridgehead atoms. The van der Waals surface area contributed by atoms with Crippen LogP contribution in [0.3, 0.4) is 0 Å². The molecule has 0 spiro atoms. The van der Waals surface area contributed by atoms with E-state index in [1.807, 2.05) is 29.2 Å². The van der Waals surface area contributed by atoms with Gasteiger partial charge in [-0.05, 0) is 43.5 Å². The molecule has 1 aliphatic rings. The molecule has 114 valence electrons. The monoisotopic (exact) mass is 295 g/mol. The van der Waals surface area contributed by atoms with Gasteiger partial charge in [-0.2, -0.15) is 0 Å². The highest BCUT2D eigenvalue weighted by molar-refractivity contribution is 5.95. The van der Waals surface area contributed by atoms with Gasteiger partial charge in [0.15, 0.2) is 0 Å². The molecule has 0 unspecified atom stereocenters. The van der Waals surface area contributed by atoms with Crippen molar-refractivity contribution < 1.29 is 9.53 Å². The summed E-state index contributed by atoms with van der Waals surface area (Å²) in [6.07, 6.45) is 2.20. The van der Waals surface area contributed by atoms with Gasteiger partial charge in [-0.3, -0.25) is 4.79 Å². The predicted octanol–water partition coefficient (Wildman–Crippen LogP) is 3.81. The van der Waals surface area contributed by atoms with Crippen molar-refractivity contribution in [2.24, 2.45) is 0 Å². The first kappa shape index (κ1) is 14.6. The van der Waals surface area contributed by atoms with Crippen molar-refractivity contribution in [2.75, 3.05) is 7.11 Å². The molecule has 22 heavy (non-hydrogen) atoms. The first-order chi connectivity index (χ1) is 10.7. The Kier molecular flexibility index (Phi) is 4.14. The molecule has 0 heterocycles. The lowest BCUT2D eigenvalue weighted by atomic mass is 10.1. The van der Waals surface area contributed by atoms with Gasteiger partial charge in [0.1, 0.15) is 5.75 Å². The normalized spacial score (nSPS) is 13.7. The SMILES string of the molecule is COc1cccc(C(=O)N(Cc2ccc(C)cc2)C2CC2)c1. The fourth-order valence-electron chi connectivity index (χ4n) is 2.57. The number of ether oxygens (including phenoxy) is 1. The van der Waals surface area contributed by atoms with E-state index in [0.29, 0.717) is 18.2 Å². The topological polar surface area (TPSA) is 29.5 Å². The number of amides is 1. The number of aryl methyl sites for hydroxylation is 1. The zero-order chi connectivity index (χ0) is 15.5. The van der Waals surface area contributed by atoms with Crippen molar-refractivity contribution in [3.8, 4) is 5.75 Å². The summed E-state index contributed by atoms with van der Waals surface area (Å²) >= 11 is 0. The standard InChI is InChI=1S/C19H21NO2/c1-14-6-8-15(9-7-14)13-20(17-10-11-17)19(21)16-4-3-5-18(12-16)22-2/h3-9,12,17H,10-11,13H2,1-2H3. The van der Waals surface area contributed by atoms with Crippen LogP contribution in [0.2, 0.25) is 0 Å². The third-order valence-electron chi connectivity index (χ3n) is 4.04. The molecule has 2 aromatic rings. The molecular weight excluding hydrogens is 274 g/mol. The van der Waals surface area contributed by atoms with Crippen LogP contribution < -0.4 is 4.74 Å². The average molecular weight is 295 g/mol. The van der Waals surface area contributed by atoms with Gasteiger partial charge in [-0.1, -0.05) is 35.9 Å². The largest absolute Gasteiger partial charge is 0.497 e. The second-order valence-electron chi connectivity index (χ2n) is 5.88. The smallest absolute Gasteiger partial charge is 0.254 e. The minimum atomic E-state index is 0.0852. The van der Waals surface area contributed by atoms with E-state index in [4.69, 9.17) is 4.74 Å². The van der Waals surface area contributed by atoms with Gasteiger partial charge >= 0.3 is 0 Å². The van der Waals surface area contributed by atoms with E-state index < -0.39 is 0 Å². The Morgan fingerprint density at radius 2 is 1.91 bits per heavy atom. The maximum absolute atomic E-state index is 12.8. The minimum absolute atomic E-state index is 0.0852. The highest BCUT2D eigenvalue weighted by Crippen LogP contribution is 2.30. The summed E-state index contributed by atoms with van der Waals surface area (Å²) in [4.78, 5) is 14.8. The van der Waals surface area contributed by atoms with Crippen LogP contribution >= 0.6 is 0 Å². The van der Waals surface area contributed by atoms with Crippen LogP contribution in [0.4, 0.5) is 0 Å². The van der Waals surface area contributed by atoms with Gasteiger partial charge in [0, 0.05) is 18.2 Å². The maximum atomic E-state index is 12.8. The van der Waals surface area contributed by atoms with Gasteiger partial charge < -0.3 is 9.64 Å². The molecule has 3 rings (SSSR count). The van der Waals surface area contributed by atoms with E-state index in [1.54, 1.807) is 7.11 Å². The fraction of sp³-hybridized carbons (Fsp3) is 0.316. The average Bonchev–Trinajstić information content (AvgIpc) is 3.38. The summed E-state index contributed by atoms with van der Waals surface area (Å²) in [6.45, 7) is 2.74. The molecule has 1 fully saturated rings. The molecule has 1 aliphatic carbocycles. The highest BCUT2D eigenvalue weighted by Gasteiger charge is 2.33. The summed E-state index contributed by atoms with van der Waals surface area (Å²) in [5, 5.41) is 0. The quantitative estimate of drug-likeness (QED) is 0.839. The van der Waals surface area contributed by atoms with E-state index in [0.717, 1.165) is 18.6 Å². The van der Waals surface area contributed by atoms with Crippen molar-refractivity contribution in [1.82, 2.24) is 4.90 Å². The molecule has 0 radical (unpaired) electrons. The van der Waals surface area contributed by atoms with E-state index in [9.17, 15) is 4.79 Å². The van der Waals surface area contributed by atoms with Crippen LogP contribution in [0.5, 0.6) is 5.75 Å². The number of nitrogens with zero attached hydrogens (tertiary/aromatic N) is 1.